The Morgan fingerprint density at radius 3 is 2.80 bits per heavy atom. The Balaban J connectivity index is 2.15. The van der Waals surface area contributed by atoms with Gasteiger partial charge in [-0.25, -0.2) is 4.98 Å². The number of hydrogen-bond donors (Lipinski definition) is 1. The third-order valence-electron chi connectivity index (χ3n) is 2.83. The molecule has 1 aromatic rings. The predicted molar refractivity (Wildman–Crippen MR) is 50.1 cm³/mol. The molecule has 82 valence electrons. The van der Waals surface area contributed by atoms with Gasteiger partial charge in [0.15, 0.2) is 0 Å². The molecule has 0 aliphatic carbocycles. The molecule has 1 aliphatic heterocycles. The summed E-state index contributed by atoms with van der Waals surface area (Å²) in [5, 5.41) is 13.2. The zero-order valence-corrected chi connectivity index (χ0v) is 8.30. The van der Waals surface area contributed by atoms with Crippen molar-refractivity contribution >= 4 is 5.97 Å². The third kappa shape index (κ3) is 1.99. The van der Waals surface area contributed by atoms with Gasteiger partial charge in [-0.15, -0.1) is 0 Å². The number of aromatic nitrogens is 3. The Kier molecular flexibility index (Phi) is 2.68. The van der Waals surface area contributed by atoms with E-state index >= 15 is 0 Å². The van der Waals surface area contributed by atoms with E-state index in [4.69, 9.17) is 4.74 Å². The largest absolute Gasteiger partial charge is 0.481 e. The van der Waals surface area contributed by atoms with E-state index in [1.807, 2.05) is 0 Å². The van der Waals surface area contributed by atoms with Crippen molar-refractivity contribution < 1.29 is 14.6 Å². The van der Waals surface area contributed by atoms with E-state index in [2.05, 4.69) is 10.1 Å². The summed E-state index contributed by atoms with van der Waals surface area (Å²) >= 11 is 0. The van der Waals surface area contributed by atoms with Crippen molar-refractivity contribution in [2.45, 2.75) is 19.4 Å². The molecule has 0 saturated carbocycles. The first-order chi connectivity index (χ1) is 7.23. The Labute approximate surface area is 86.9 Å². The summed E-state index contributed by atoms with van der Waals surface area (Å²) in [5.74, 6) is -0.777. The first-order valence-electron chi connectivity index (χ1n) is 4.86. The van der Waals surface area contributed by atoms with Gasteiger partial charge in [0.25, 0.3) is 0 Å². The van der Waals surface area contributed by atoms with Gasteiger partial charge < -0.3 is 9.84 Å². The average molecular weight is 211 g/mol. The molecule has 1 aromatic heterocycles. The molecule has 0 atom stereocenters. The summed E-state index contributed by atoms with van der Waals surface area (Å²) in [4.78, 5) is 15.1. The molecule has 15 heavy (non-hydrogen) atoms. The fraction of sp³-hybridized carbons (Fsp3) is 0.667. The van der Waals surface area contributed by atoms with E-state index in [0.717, 1.165) is 0 Å². The molecule has 1 aliphatic rings. The van der Waals surface area contributed by atoms with Crippen LogP contribution in [0.25, 0.3) is 0 Å². The molecule has 1 saturated heterocycles. The number of aliphatic carboxylic acids is 1. The fourth-order valence-corrected chi connectivity index (χ4v) is 1.83. The molecule has 0 amide bonds. The van der Waals surface area contributed by atoms with Crippen LogP contribution in [-0.4, -0.2) is 39.1 Å². The summed E-state index contributed by atoms with van der Waals surface area (Å²) in [7, 11) is 0. The van der Waals surface area contributed by atoms with Crippen molar-refractivity contribution in [3.05, 3.63) is 12.7 Å². The molecule has 1 fully saturated rings. The van der Waals surface area contributed by atoms with Crippen molar-refractivity contribution in [1.82, 2.24) is 14.8 Å². The molecule has 0 spiro atoms. The number of nitrogens with zero attached hydrogens (tertiary/aromatic N) is 3. The minimum atomic E-state index is -0.777. The van der Waals surface area contributed by atoms with Crippen LogP contribution >= 0.6 is 0 Å². The van der Waals surface area contributed by atoms with Crippen LogP contribution in [0, 0.1) is 5.41 Å². The van der Waals surface area contributed by atoms with Crippen LogP contribution in [0.5, 0.6) is 0 Å². The highest BCUT2D eigenvalue weighted by molar-refractivity contribution is 5.74. The Bertz CT molecular complexity index is 330. The van der Waals surface area contributed by atoms with Gasteiger partial charge in [0.05, 0.1) is 12.0 Å². The molecule has 0 unspecified atom stereocenters. The first kappa shape index (κ1) is 10.1. The molecule has 0 aromatic carbocycles. The standard InChI is InChI=1S/C9H13N3O3/c13-8(14)9(1-3-15-4-2-9)5-12-7-10-6-11-12/h6-7H,1-5H2,(H,13,14). The van der Waals surface area contributed by atoms with Gasteiger partial charge in [0.1, 0.15) is 12.7 Å². The number of rotatable bonds is 3. The molecule has 0 bridgehead atoms. The van der Waals surface area contributed by atoms with E-state index in [1.54, 1.807) is 11.0 Å². The number of ether oxygens (including phenoxy) is 1. The lowest BCUT2D eigenvalue weighted by Gasteiger charge is -2.32. The van der Waals surface area contributed by atoms with E-state index in [9.17, 15) is 9.90 Å². The highest BCUT2D eigenvalue weighted by atomic mass is 16.5. The Morgan fingerprint density at radius 1 is 1.53 bits per heavy atom. The maximum Gasteiger partial charge on any atom is 0.311 e. The maximum atomic E-state index is 11.3. The molecule has 1 N–H and O–H groups in total. The average Bonchev–Trinajstić information content (AvgIpc) is 2.71. The normalized spacial score (nSPS) is 20.0. The van der Waals surface area contributed by atoms with Gasteiger partial charge in [-0.05, 0) is 12.8 Å². The maximum absolute atomic E-state index is 11.3. The number of carboxylic acids is 1. The van der Waals surface area contributed by atoms with Crippen LogP contribution < -0.4 is 0 Å². The molecule has 2 heterocycles. The van der Waals surface area contributed by atoms with Crippen LogP contribution in [0.4, 0.5) is 0 Å². The van der Waals surface area contributed by atoms with Crippen molar-refractivity contribution in [1.29, 1.82) is 0 Å². The van der Waals surface area contributed by atoms with Crippen molar-refractivity contribution in [3.8, 4) is 0 Å². The second-order valence-corrected chi connectivity index (χ2v) is 3.79. The number of hydrogen-bond acceptors (Lipinski definition) is 4. The SMILES string of the molecule is O=C(O)C1(Cn2cncn2)CCOCC1. The van der Waals surface area contributed by atoms with Crippen LogP contribution in [0.3, 0.4) is 0 Å². The van der Waals surface area contributed by atoms with Crippen molar-refractivity contribution in [2.75, 3.05) is 13.2 Å². The molecule has 2 rings (SSSR count). The lowest BCUT2D eigenvalue weighted by Crippen LogP contribution is -2.40. The lowest BCUT2D eigenvalue weighted by atomic mass is 9.80. The first-order valence-corrected chi connectivity index (χ1v) is 4.86. The van der Waals surface area contributed by atoms with Crippen LogP contribution in [-0.2, 0) is 16.1 Å². The topological polar surface area (TPSA) is 77.2 Å². The van der Waals surface area contributed by atoms with E-state index in [-0.39, 0.29) is 0 Å². The van der Waals surface area contributed by atoms with Crippen molar-refractivity contribution in [2.24, 2.45) is 5.41 Å². The highest BCUT2D eigenvalue weighted by Crippen LogP contribution is 2.32. The molecule has 6 nitrogen and oxygen atoms in total. The van der Waals surface area contributed by atoms with Gasteiger partial charge >= 0.3 is 5.97 Å². The quantitative estimate of drug-likeness (QED) is 0.770. The van der Waals surface area contributed by atoms with Gasteiger partial charge in [-0.2, -0.15) is 5.10 Å². The summed E-state index contributed by atoms with van der Waals surface area (Å²) in [6.45, 7) is 1.37. The summed E-state index contributed by atoms with van der Waals surface area (Å²) in [5.41, 5.74) is -0.744. The highest BCUT2D eigenvalue weighted by Gasteiger charge is 2.40. The smallest absolute Gasteiger partial charge is 0.311 e. The molecular weight excluding hydrogens is 198 g/mol. The third-order valence-corrected chi connectivity index (χ3v) is 2.83. The molecule has 6 heteroatoms. The van der Waals surface area contributed by atoms with Gasteiger partial charge in [-0.3, -0.25) is 9.48 Å². The van der Waals surface area contributed by atoms with Crippen LogP contribution in [0.2, 0.25) is 0 Å². The lowest BCUT2D eigenvalue weighted by molar-refractivity contribution is -0.156. The minimum absolute atomic E-state index is 0.367. The Hall–Kier alpha value is -1.43. The summed E-state index contributed by atoms with van der Waals surface area (Å²) < 4.78 is 6.75. The minimum Gasteiger partial charge on any atom is -0.481 e. The summed E-state index contributed by atoms with van der Waals surface area (Å²) in [6, 6.07) is 0. The molecular formula is C9H13N3O3. The molecule has 0 radical (unpaired) electrons. The number of carbonyl (C=O) groups is 1. The van der Waals surface area contributed by atoms with Crippen molar-refractivity contribution in [3.63, 3.8) is 0 Å². The van der Waals surface area contributed by atoms with Gasteiger partial charge in [0.2, 0.25) is 0 Å². The van der Waals surface area contributed by atoms with Gasteiger partial charge in [0, 0.05) is 13.2 Å². The Morgan fingerprint density at radius 2 is 2.27 bits per heavy atom. The van der Waals surface area contributed by atoms with E-state index in [1.165, 1.54) is 6.33 Å². The second kappa shape index (κ2) is 3.98. The summed E-state index contributed by atoms with van der Waals surface area (Å²) in [6.07, 6.45) is 4.01. The zero-order valence-electron chi connectivity index (χ0n) is 8.30. The fourth-order valence-electron chi connectivity index (χ4n) is 1.83. The number of carboxylic acid groups (broad SMARTS) is 1. The predicted octanol–water partition coefficient (Wildman–Crippen LogP) is 0.159. The zero-order chi connectivity index (χ0) is 10.7. The van der Waals surface area contributed by atoms with Crippen LogP contribution in [0.1, 0.15) is 12.8 Å². The van der Waals surface area contributed by atoms with E-state index in [0.29, 0.717) is 32.6 Å². The van der Waals surface area contributed by atoms with Gasteiger partial charge in [-0.1, -0.05) is 0 Å². The van der Waals surface area contributed by atoms with Crippen LogP contribution in [0.15, 0.2) is 12.7 Å². The monoisotopic (exact) mass is 211 g/mol. The second-order valence-electron chi connectivity index (χ2n) is 3.79. The van der Waals surface area contributed by atoms with E-state index < -0.39 is 11.4 Å².